The number of nitrogens with zero attached hydrogens (tertiary/aromatic N) is 1. The number of sulfone groups is 1. The molecule has 0 fully saturated rings. The van der Waals surface area contributed by atoms with Gasteiger partial charge < -0.3 is 10.0 Å². The van der Waals surface area contributed by atoms with Crippen molar-refractivity contribution in [1.82, 2.24) is 0 Å². The zero-order chi connectivity index (χ0) is 18.1. The molecule has 1 aromatic carbocycles. The first-order chi connectivity index (χ1) is 11.0. The summed E-state index contributed by atoms with van der Waals surface area (Å²) in [6.45, 7) is 1.43. The summed E-state index contributed by atoms with van der Waals surface area (Å²) in [4.78, 5) is 1.41. The van der Waals surface area contributed by atoms with Gasteiger partial charge in [0.05, 0.1) is 22.9 Å². The molecule has 0 atom stereocenters. The molecule has 0 spiro atoms. The van der Waals surface area contributed by atoms with Crippen LogP contribution in [-0.2, 0) is 9.84 Å². The van der Waals surface area contributed by atoms with Gasteiger partial charge in [-0.3, -0.25) is 0 Å². The van der Waals surface area contributed by atoms with E-state index in [0.29, 0.717) is 4.48 Å². The van der Waals surface area contributed by atoms with Crippen molar-refractivity contribution >= 4 is 43.2 Å². The molecule has 0 amide bonds. The number of benzene rings is 1. The summed E-state index contributed by atoms with van der Waals surface area (Å²) in [5.41, 5.74) is -4.36. The Balaban J connectivity index is 2.39. The van der Waals surface area contributed by atoms with Gasteiger partial charge in [-0.25, -0.2) is 8.42 Å². The van der Waals surface area contributed by atoms with E-state index >= 15 is 0 Å². The van der Waals surface area contributed by atoms with Crippen LogP contribution in [0.2, 0.25) is 0 Å². The highest BCUT2D eigenvalue weighted by molar-refractivity contribution is 9.11. The number of hydrogen-bond donors (Lipinski definition) is 1. The van der Waals surface area contributed by atoms with Crippen LogP contribution in [-0.4, -0.2) is 31.3 Å². The summed E-state index contributed by atoms with van der Waals surface area (Å²) in [6.07, 6.45) is 2.95. The fraction of sp³-hybridized carbons (Fsp3) is 0.286. The van der Waals surface area contributed by atoms with Gasteiger partial charge in [0.25, 0.3) is 0 Å². The molecule has 0 bridgehead atoms. The van der Waals surface area contributed by atoms with E-state index in [1.165, 1.54) is 30.2 Å². The minimum absolute atomic E-state index is 0.0705. The number of allylic oxidation sites excluding steroid dienone is 2. The van der Waals surface area contributed by atoms with Gasteiger partial charge >= 0.3 is 5.51 Å². The monoisotopic (exact) mass is 443 g/mol. The van der Waals surface area contributed by atoms with Gasteiger partial charge in [-0.15, -0.1) is 0 Å². The zero-order valence-corrected chi connectivity index (χ0v) is 15.6. The van der Waals surface area contributed by atoms with E-state index in [1.807, 2.05) is 0 Å². The van der Waals surface area contributed by atoms with Crippen molar-refractivity contribution < 1.29 is 26.7 Å². The molecule has 0 radical (unpaired) electrons. The van der Waals surface area contributed by atoms with Gasteiger partial charge in [0.1, 0.15) is 5.75 Å². The lowest BCUT2D eigenvalue weighted by molar-refractivity contribution is -0.0328. The average Bonchev–Trinajstić information content (AvgIpc) is 2.47. The first-order valence-electron chi connectivity index (χ1n) is 6.68. The molecule has 4 nitrogen and oxygen atoms in total. The molecule has 0 aromatic heterocycles. The van der Waals surface area contributed by atoms with Crippen LogP contribution in [0, 0.1) is 0 Å². The van der Waals surface area contributed by atoms with Gasteiger partial charge in [-0.2, -0.15) is 13.2 Å². The zero-order valence-electron chi connectivity index (χ0n) is 12.3. The van der Waals surface area contributed by atoms with Gasteiger partial charge in [0.15, 0.2) is 9.84 Å². The standard InChI is InChI=1S/C14H13BrF3NO3S2/c1-2-24(21,22)11-5-9(15)7-19(8-11)12-6-10(3-4-13(12)20)23-14(16,17)18/h3-7,20H,2,8H2,1H3. The topological polar surface area (TPSA) is 57.6 Å². The van der Waals surface area contributed by atoms with E-state index in [0.717, 1.165) is 12.1 Å². The summed E-state index contributed by atoms with van der Waals surface area (Å²) in [6, 6.07) is 3.47. The summed E-state index contributed by atoms with van der Waals surface area (Å²) in [7, 11) is -3.47. The molecule has 1 N–H and O–H groups in total. The van der Waals surface area contributed by atoms with Crippen molar-refractivity contribution in [3.8, 4) is 5.75 Å². The third-order valence-corrected chi connectivity index (χ3v) is 6.13. The number of rotatable bonds is 4. The molecule has 10 heteroatoms. The molecule has 1 heterocycles. The molecule has 1 aliphatic rings. The van der Waals surface area contributed by atoms with Crippen molar-refractivity contribution in [2.75, 3.05) is 17.2 Å². The van der Waals surface area contributed by atoms with Gasteiger partial charge in [-0.1, -0.05) is 6.92 Å². The van der Waals surface area contributed by atoms with Crippen LogP contribution >= 0.6 is 27.7 Å². The predicted molar refractivity (Wildman–Crippen MR) is 91.9 cm³/mol. The van der Waals surface area contributed by atoms with E-state index in [1.54, 1.807) is 0 Å². The number of hydrogen-bond acceptors (Lipinski definition) is 5. The molecule has 0 aliphatic carbocycles. The lowest BCUT2D eigenvalue weighted by Gasteiger charge is -2.26. The first-order valence-corrected chi connectivity index (χ1v) is 9.94. The normalized spacial score (nSPS) is 16.0. The Morgan fingerprint density at radius 1 is 1.38 bits per heavy atom. The minimum atomic E-state index is -4.46. The van der Waals surface area contributed by atoms with E-state index in [2.05, 4.69) is 15.9 Å². The quantitative estimate of drug-likeness (QED) is 0.699. The second-order valence-electron chi connectivity index (χ2n) is 4.85. The highest BCUT2D eigenvalue weighted by Crippen LogP contribution is 2.41. The molecule has 1 aromatic rings. The molecule has 132 valence electrons. The SMILES string of the molecule is CCS(=O)(=O)C1=CC(Br)=CN(c2cc(SC(F)(F)F)ccc2O)C1. The molecular weight excluding hydrogens is 431 g/mol. The van der Waals surface area contributed by atoms with Crippen molar-refractivity contribution in [2.45, 2.75) is 17.3 Å². The van der Waals surface area contributed by atoms with Crippen LogP contribution in [0.3, 0.4) is 0 Å². The Hall–Kier alpha value is -1.13. The van der Waals surface area contributed by atoms with Crippen LogP contribution in [0.1, 0.15) is 6.92 Å². The Morgan fingerprint density at radius 2 is 2.04 bits per heavy atom. The van der Waals surface area contributed by atoms with Gasteiger partial charge in [0, 0.05) is 15.6 Å². The van der Waals surface area contributed by atoms with Crippen LogP contribution in [0.15, 0.2) is 44.8 Å². The third-order valence-electron chi connectivity index (χ3n) is 3.17. The number of aromatic hydroxyl groups is 1. The summed E-state index contributed by atoms with van der Waals surface area (Å²) in [5, 5.41) is 9.97. The molecule has 24 heavy (non-hydrogen) atoms. The molecule has 0 saturated heterocycles. The van der Waals surface area contributed by atoms with Crippen molar-refractivity contribution in [1.29, 1.82) is 0 Å². The highest BCUT2D eigenvalue weighted by atomic mass is 79.9. The smallest absolute Gasteiger partial charge is 0.446 e. The Morgan fingerprint density at radius 3 is 2.62 bits per heavy atom. The van der Waals surface area contributed by atoms with E-state index < -0.39 is 15.3 Å². The maximum absolute atomic E-state index is 12.5. The van der Waals surface area contributed by atoms with E-state index in [9.17, 15) is 26.7 Å². The molecule has 0 saturated carbocycles. The van der Waals surface area contributed by atoms with Gasteiger partial charge in [-0.05, 0) is 52.0 Å². The van der Waals surface area contributed by atoms with E-state index in [4.69, 9.17) is 0 Å². The molecular formula is C14H13BrF3NO3S2. The van der Waals surface area contributed by atoms with E-state index in [-0.39, 0.29) is 45.3 Å². The van der Waals surface area contributed by atoms with Crippen LogP contribution in [0.5, 0.6) is 5.75 Å². The lowest BCUT2D eigenvalue weighted by Crippen LogP contribution is -2.26. The van der Waals surface area contributed by atoms with Crippen molar-refractivity contribution in [2.24, 2.45) is 0 Å². The van der Waals surface area contributed by atoms with Gasteiger partial charge in [0.2, 0.25) is 0 Å². The largest absolute Gasteiger partial charge is 0.506 e. The Labute approximate surface area is 150 Å². The lowest BCUT2D eigenvalue weighted by atomic mass is 10.2. The summed E-state index contributed by atoms with van der Waals surface area (Å²) in [5.74, 6) is -0.337. The second kappa shape index (κ2) is 7.01. The van der Waals surface area contributed by atoms with Crippen molar-refractivity contribution in [3.05, 3.63) is 39.9 Å². The molecule has 0 unspecified atom stereocenters. The van der Waals surface area contributed by atoms with Crippen LogP contribution < -0.4 is 4.90 Å². The van der Waals surface area contributed by atoms with Crippen molar-refractivity contribution in [3.63, 3.8) is 0 Å². The number of alkyl halides is 3. The number of halogens is 4. The number of thioether (sulfide) groups is 1. The third kappa shape index (κ3) is 4.70. The highest BCUT2D eigenvalue weighted by Gasteiger charge is 2.30. The van der Waals surface area contributed by atoms with Crippen LogP contribution in [0.25, 0.3) is 0 Å². The number of phenolic OH excluding ortho intramolecular Hbond substituents is 1. The fourth-order valence-electron chi connectivity index (χ4n) is 2.06. The Kier molecular flexibility index (Phi) is 5.61. The average molecular weight is 444 g/mol. The fourth-order valence-corrected chi connectivity index (χ4v) is 4.32. The number of anilines is 1. The summed E-state index contributed by atoms with van der Waals surface area (Å²) >= 11 is 2.89. The molecule has 1 aliphatic heterocycles. The Bertz CT molecular complexity index is 804. The first kappa shape index (κ1) is 19.2. The predicted octanol–water partition coefficient (Wildman–Crippen LogP) is 4.38. The number of phenols is 1. The maximum atomic E-state index is 12.5. The minimum Gasteiger partial charge on any atom is -0.506 e. The second-order valence-corrected chi connectivity index (χ2v) is 9.24. The maximum Gasteiger partial charge on any atom is 0.446 e. The van der Waals surface area contributed by atoms with Crippen LogP contribution in [0.4, 0.5) is 18.9 Å². The molecule has 2 rings (SSSR count). The summed E-state index contributed by atoms with van der Waals surface area (Å²) < 4.78 is 62.1.